The number of oxime groups is 1. The fraction of sp³-hybridized carbons (Fsp3) is 0.133. The molecule has 2 N–H and O–H groups in total. The van der Waals surface area contributed by atoms with Crippen LogP contribution >= 0.6 is 0 Å². The molecule has 0 fully saturated rings. The third-order valence-electron chi connectivity index (χ3n) is 2.88. The molecular weight excluding hydrogens is 254 g/mol. The Hall–Kier alpha value is -2.69. The molecule has 0 aliphatic heterocycles. The second-order valence-corrected chi connectivity index (χ2v) is 4.38. The van der Waals surface area contributed by atoms with E-state index in [1.165, 1.54) is 0 Å². The van der Waals surface area contributed by atoms with Gasteiger partial charge < -0.3 is 10.3 Å². The van der Waals surface area contributed by atoms with Crippen LogP contribution in [0.4, 0.5) is 11.4 Å². The first-order chi connectivity index (χ1) is 9.61. The van der Waals surface area contributed by atoms with Gasteiger partial charge in [0, 0.05) is 5.56 Å². The van der Waals surface area contributed by atoms with Gasteiger partial charge in [0.2, 0.25) is 0 Å². The maximum absolute atomic E-state index is 9.84. The number of benzene rings is 2. The number of nitrogens with zero attached hydrogens (tertiary/aromatic N) is 3. The lowest BCUT2D eigenvalue weighted by Gasteiger charge is -2.06. The van der Waals surface area contributed by atoms with E-state index >= 15 is 0 Å². The Bertz CT molecular complexity index is 664. The summed E-state index contributed by atoms with van der Waals surface area (Å²) in [7, 11) is 0. The average molecular weight is 269 g/mol. The largest absolute Gasteiger partial charge is 0.507 e. The summed E-state index contributed by atoms with van der Waals surface area (Å²) in [5.74, 6) is 0.0523. The molecule has 0 aliphatic rings. The van der Waals surface area contributed by atoms with E-state index in [1.807, 2.05) is 37.3 Å². The van der Waals surface area contributed by atoms with Gasteiger partial charge >= 0.3 is 0 Å². The van der Waals surface area contributed by atoms with Crippen LogP contribution in [0.2, 0.25) is 0 Å². The molecule has 2 rings (SSSR count). The minimum Gasteiger partial charge on any atom is -0.507 e. The van der Waals surface area contributed by atoms with Gasteiger partial charge in [0.25, 0.3) is 0 Å². The van der Waals surface area contributed by atoms with Crippen LogP contribution in [0.5, 0.6) is 5.75 Å². The minimum atomic E-state index is 0.0523. The van der Waals surface area contributed by atoms with E-state index in [0.717, 1.165) is 11.3 Å². The van der Waals surface area contributed by atoms with E-state index in [9.17, 15) is 5.11 Å². The van der Waals surface area contributed by atoms with Crippen molar-refractivity contribution in [2.75, 3.05) is 0 Å². The molecule has 0 amide bonds. The van der Waals surface area contributed by atoms with Crippen molar-refractivity contribution in [2.45, 2.75) is 13.8 Å². The number of azo groups is 1. The van der Waals surface area contributed by atoms with Crippen LogP contribution in [0, 0.1) is 6.92 Å². The Labute approximate surface area is 116 Å². The maximum atomic E-state index is 9.84. The van der Waals surface area contributed by atoms with E-state index < -0.39 is 0 Å². The second-order valence-electron chi connectivity index (χ2n) is 4.38. The molecule has 0 radical (unpaired) electrons. The molecule has 0 bridgehead atoms. The lowest BCUT2D eigenvalue weighted by Crippen LogP contribution is -1.95. The standard InChI is InChI=1S/C15H15N3O2/c1-10-8-15(19)13(11(2)18-20)9-14(10)17-16-12-6-4-3-5-7-12/h3-9,19-20H,1-2H3/b17-16?,18-11+. The number of phenolic OH excluding ortho intramolecular Hbond substituents is 1. The quantitative estimate of drug-likeness (QED) is 0.377. The lowest BCUT2D eigenvalue weighted by atomic mass is 10.1. The van der Waals surface area contributed by atoms with Crippen LogP contribution in [0.15, 0.2) is 57.8 Å². The highest BCUT2D eigenvalue weighted by Gasteiger charge is 2.09. The van der Waals surface area contributed by atoms with Crippen LogP contribution in [0.3, 0.4) is 0 Å². The zero-order valence-corrected chi connectivity index (χ0v) is 11.3. The first-order valence-corrected chi connectivity index (χ1v) is 6.11. The lowest BCUT2D eigenvalue weighted by molar-refractivity contribution is 0.318. The fourth-order valence-electron chi connectivity index (χ4n) is 1.74. The van der Waals surface area contributed by atoms with Crippen molar-refractivity contribution < 1.29 is 10.3 Å². The van der Waals surface area contributed by atoms with Crippen LogP contribution in [0.25, 0.3) is 0 Å². The third-order valence-corrected chi connectivity index (χ3v) is 2.88. The molecule has 5 heteroatoms. The van der Waals surface area contributed by atoms with Crippen molar-refractivity contribution in [2.24, 2.45) is 15.4 Å². The molecule has 0 unspecified atom stereocenters. The predicted octanol–water partition coefficient (Wildman–Crippen LogP) is 4.31. The second kappa shape index (κ2) is 5.97. The highest BCUT2D eigenvalue weighted by molar-refractivity contribution is 6.01. The van der Waals surface area contributed by atoms with Crippen molar-refractivity contribution in [3.05, 3.63) is 53.6 Å². The third kappa shape index (κ3) is 3.00. The summed E-state index contributed by atoms with van der Waals surface area (Å²) >= 11 is 0. The van der Waals surface area contributed by atoms with E-state index in [1.54, 1.807) is 19.1 Å². The fourth-order valence-corrected chi connectivity index (χ4v) is 1.74. The maximum Gasteiger partial charge on any atom is 0.125 e. The van der Waals surface area contributed by atoms with Gasteiger partial charge in [-0.1, -0.05) is 23.4 Å². The number of aryl methyl sites for hydroxylation is 1. The highest BCUT2D eigenvalue weighted by atomic mass is 16.4. The molecule has 2 aromatic carbocycles. The molecule has 0 heterocycles. The van der Waals surface area contributed by atoms with Crippen LogP contribution < -0.4 is 0 Å². The molecule has 5 nitrogen and oxygen atoms in total. The molecule has 0 aliphatic carbocycles. The number of aromatic hydroxyl groups is 1. The first kappa shape index (κ1) is 13.7. The molecular formula is C15H15N3O2. The Morgan fingerprint density at radius 2 is 1.75 bits per heavy atom. The van der Waals surface area contributed by atoms with E-state index in [0.29, 0.717) is 17.0 Å². The summed E-state index contributed by atoms with van der Waals surface area (Å²) in [5, 5.41) is 30.0. The predicted molar refractivity (Wildman–Crippen MR) is 77.5 cm³/mol. The van der Waals surface area contributed by atoms with Gasteiger partial charge in [0.1, 0.15) is 5.75 Å². The van der Waals surface area contributed by atoms with Crippen molar-refractivity contribution in [1.82, 2.24) is 0 Å². The van der Waals surface area contributed by atoms with Gasteiger partial charge in [-0.05, 0) is 43.7 Å². The van der Waals surface area contributed by atoms with E-state index in [2.05, 4.69) is 15.4 Å². The average Bonchev–Trinajstić information content (AvgIpc) is 2.46. The summed E-state index contributed by atoms with van der Waals surface area (Å²) in [6.07, 6.45) is 0. The van der Waals surface area contributed by atoms with Gasteiger partial charge in [-0.25, -0.2) is 0 Å². The van der Waals surface area contributed by atoms with Crippen molar-refractivity contribution >= 4 is 17.1 Å². The number of phenols is 1. The first-order valence-electron chi connectivity index (χ1n) is 6.11. The van der Waals surface area contributed by atoms with Crippen molar-refractivity contribution in [3.63, 3.8) is 0 Å². The molecule has 0 saturated carbocycles. The van der Waals surface area contributed by atoms with Crippen LogP contribution in [-0.2, 0) is 0 Å². The van der Waals surface area contributed by atoms with E-state index in [4.69, 9.17) is 5.21 Å². The number of rotatable bonds is 3. The molecule has 20 heavy (non-hydrogen) atoms. The monoisotopic (exact) mass is 269 g/mol. The Kier molecular flexibility index (Phi) is 4.10. The summed E-state index contributed by atoms with van der Waals surface area (Å²) in [6.45, 7) is 3.43. The topological polar surface area (TPSA) is 77.5 Å². The van der Waals surface area contributed by atoms with Crippen molar-refractivity contribution in [3.8, 4) is 5.75 Å². The normalized spacial score (nSPS) is 12.0. The SMILES string of the molecule is C/C(=N\O)c1cc(N=Nc2ccccc2)c(C)cc1O. The van der Waals surface area contributed by atoms with Gasteiger partial charge in [-0.3, -0.25) is 0 Å². The molecule has 0 aromatic heterocycles. The number of hydrogen-bond donors (Lipinski definition) is 2. The Morgan fingerprint density at radius 3 is 2.40 bits per heavy atom. The minimum absolute atomic E-state index is 0.0523. The summed E-state index contributed by atoms with van der Waals surface area (Å²) in [6, 6.07) is 12.6. The molecule has 2 aromatic rings. The smallest absolute Gasteiger partial charge is 0.125 e. The summed E-state index contributed by atoms with van der Waals surface area (Å²) in [5.41, 5.74) is 2.90. The van der Waals surface area contributed by atoms with Crippen molar-refractivity contribution in [1.29, 1.82) is 0 Å². The van der Waals surface area contributed by atoms with E-state index in [-0.39, 0.29) is 5.75 Å². The van der Waals surface area contributed by atoms with Crippen LogP contribution in [0.1, 0.15) is 18.1 Å². The molecule has 0 spiro atoms. The highest BCUT2D eigenvalue weighted by Crippen LogP contribution is 2.29. The van der Waals surface area contributed by atoms with Gasteiger partial charge in [0.05, 0.1) is 17.1 Å². The van der Waals surface area contributed by atoms with Gasteiger partial charge in [-0.2, -0.15) is 10.2 Å². The van der Waals surface area contributed by atoms with Crippen LogP contribution in [-0.4, -0.2) is 16.0 Å². The molecule has 0 saturated heterocycles. The van der Waals surface area contributed by atoms with Gasteiger partial charge in [-0.15, -0.1) is 0 Å². The summed E-state index contributed by atoms with van der Waals surface area (Å²) < 4.78 is 0. The molecule has 0 atom stereocenters. The Morgan fingerprint density at radius 1 is 1.05 bits per heavy atom. The zero-order valence-electron chi connectivity index (χ0n) is 11.3. The zero-order chi connectivity index (χ0) is 14.5. The van der Waals surface area contributed by atoms with Gasteiger partial charge in [0.15, 0.2) is 0 Å². The summed E-state index contributed by atoms with van der Waals surface area (Å²) in [4.78, 5) is 0. The molecule has 102 valence electrons. The number of hydrogen-bond acceptors (Lipinski definition) is 5. The Balaban J connectivity index is 2.40.